The van der Waals surface area contributed by atoms with Crippen molar-refractivity contribution in [3.05, 3.63) is 44.9 Å². The van der Waals surface area contributed by atoms with Gasteiger partial charge >= 0.3 is 0 Å². The molecule has 138 valence electrons. The number of pyridine rings is 2. The van der Waals surface area contributed by atoms with Crippen molar-refractivity contribution < 1.29 is 4.74 Å². The molecule has 0 saturated carbocycles. The van der Waals surface area contributed by atoms with Crippen LogP contribution in [0.5, 0.6) is 5.75 Å². The molecule has 0 amide bonds. The number of aromatic nitrogens is 2. The number of hydrogen-bond donors (Lipinski definition) is 1. The Balaban J connectivity index is 2.14. The zero-order valence-corrected chi connectivity index (χ0v) is 16.4. The maximum absolute atomic E-state index is 12.6. The maximum atomic E-state index is 12.6. The minimum atomic E-state index is -0.174. The Hall–Kier alpha value is -1.82. The maximum Gasteiger partial charge on any atom is 0.260 e. The fourth-order valence-electron chi connectivity index (χ4n) is 3.20. The predicted molar refractivity (Wildman–Crippen MR) is 107 cm³/mol. The van der Waals surface area contributed by atoms with E-state index in [0.717, 1.165) is 17.2 Å². The number of benzene rings is 1. The fourth-order valence-corrected chi connectivity index (χ4v) is 3.89. The standard InChI is InChI=1S/C19H21Cl2N3O2/c1-10(2)6-11(22)9-26-18-15(20)7-13-12-4-5-23-8-14(12)19(25)24(3)17(13)16(18)21/h4-5,7-8,10-11H,6,9,22H2,1-3H3. The molecule has 1 aromatic carbocycles. The molecule has 26 heavy (non-hydrogen) atoms. The van der Waals surface area contributed by atoms with Crippen molar-refractivity contribution in [3.63, 3.8) is 0 Å². The molecule has 0 aliphatic carbocycles. The highest BCUT2D eigenvalue weighted by Crippen LogP contribution is 2.40. The van der Waals surface area contributed by atoms with Gasteiger partial charge in [0.05, 0.1) is 15.9 Å². The second-order valence-corrected chi connectivity index (χ2v) is 7.67. The summed E-state index contributed by atoms with van der Waals surface area (Å²) in [6, 6.07) is 3.43. The van der Waals surface area contributed by atoms with Crippen molar-refractivity contribution in [3.8, 4) is 5.75 Å². The first-order chi connectivity index (χ1) is 12.3. The topological polar surface area (TPSA) is 70.1 Å². The highest BCUT2D eigenvalue weighted by Gasteiger charge is 2.19. The normalized spacial score (nSPS) is 12.9. The third kappa shape index (κ3) is 3.39. The van der Waals surface area contributed by atoms with Crippen molar-refractivity contribution in [1.82, 2.24) is 9.55 Å². The minimum Gasteiger partial charge on any atom is -0.489 e. The smallest absolute Gasteiger partial charge is 0.260 e. The Kier molecular flexibility index (Phi) is 5.42. The fraction of sp³-hybridized carbons (Fsp3) is 0.368. The molecule has 0 fully saturated rings. The van der Waals surface area contributed by atoms with E-state index in [9.17, 15) is 4.79 Å². The molecule has 2 N–H and O–H groups in total. The zero-order valence-electron chi connectivity index (χ0n) is 14.9. The van der Waals surface area contributed by atoms with E-state index >= 15 is 0 Å². The van der Waals surface area contributed by atoms with Crippen LogP contribution in [0, 0.1) is 5.92 Å². The Morgan fingerprint density at radius 3 is 2.69 bits per heavy atom. The lowest BCUT2D eigenvalue weighted by Gasteiger charge is -2.18. The van der Waals surface area contributed by atoms with Crippen LogP contribution >= 0.6 is 23.2 Å². The molecule has 3 aromatic rings. The molecular formula is C19H21Cl2N3O2. The van der Waals surface area contributed by atoms with Crippen molar-refractivity contribution in [1.29, 1.82) is 0 Å². The van der Waals surface area contributed by atoms with Crippen molar-refractivity contribution in [2.24, 2.45) is 18.7 Å². The lowest BCUT2D eigenvalue weighted by atomic mass is 10.1. The summed E-state index contributed by atoms with van der Waals surface area (Å²) in [6.07, 6.45) is 4.02. The van der Waals surface area contributed by atoms with E-state index in [1.807, 2.05) is 0 Å². The molecule has 0 aliphatic rings. The van der Waals surface area contributed by atoms with Gasteiger partial charge in [-0.3, -0.25) is 9.78 Å². The highest BCUT2D eigenvalue weighted by atomic mass is 35.5. The van der Waals surface area contributed by atoms with Crippen LogP contribution in [0.2, 0.25) is 10.0 Å². The van der Waals surface area contributed by atoms with Crippen LogP contribution in [0.15, 0.2) is 29.3 Å². The van der Waals surface area contributed by atoms with E-state index in [1.54, 1.807) is 31.6 Å². The first kappa shape index (κ1) is 19.0. The number of nitrogens with two attached hydrogens (primary N) is 1. The molecule has 0 bridgehead atoms. The quantitative estimate of drug-likeness (QED) is 0.661. The Morgan fingerprint density at radius 2 is 2.00 bits per heavy atom. The lowest BCUT2D eigenvalue weighted by Crippen LogP contribution is -2.29. The number of ether oxygens (including phenoxy) is 1. The van der Waals surface area contributed by atoms with Crippen molar-refractivity contribution in [2.75, 3.05) is 6.61 Å². The average molecular weight is 394 g/mol. The number of nitrogens with zero attached hydrogens (tertiary/aromatic N) is 2. The molecule has 7 heteroatoms. The molecule has 1 atom stereocenters. The van der Waals surface area contributed by atoms with E-state index in [2.05, 4.69) is 18.8 Å². The molecule has 2 heterocycles. The summed E-state index contributed by atoms with van der Waals surface area (Å²) in [5.41, 5.74) is 6.49. The van der Waals surface area contributed by atoms with Crippen LogP contribution in [0.1, 0.15) is 20.3 Å². The highest BCUT2D eigenvalue weighted by molar-refractivity contribution is 6.41. The Bertz CT molecular complexity index is 1030. The molecule has 5 nitrogen and oxygen atoms in total. The Morgan fingerprint density at radius 1 is 1.27 bits per heavy atom. The predicted octanol–water partition coefficient (Wildman–Crippen LogP) is 4.15. The van der Waals surface area contributed by atoms with E-state index in [1.165, 1.54) is 4.57 Å². The average Bonchev–Trinajstić information content (AvgIpc) is 2.58. The number of aryl methyl sites for hydroxylation is 1. The SMILES string of the molecule is CC(C)CC(N)COc1c(Cl)cc2c3ccncc3c(=O)n(C)c2c1Cl. The summed E-state index contributed by atoms with van der Waals surface area (Å²) in [6.45, 7) is 4.51. The van der Waals surface area contributed by atoms with Crippen LogP contribution in [0.4, 0.5) is 0 Å². The lowest BCUT2D eigenvalue weighted by molar-refractivity contribution is 0.271. The number of fused-ring (bicyclic) bond motifs is 3. The van der Waals surface area contributed by atoms with Gasteiger partial charge in [0.25, 0.3) is 5.56 Å². The van der Waals surface area contributed by atoms with E-state index < -0.39 is 0 Å². The molecule has 1 unspecified atom stereocenters. The van der Waals surface area contributed by atoms with E-state index in [0.29, 0.717) is 39.2 Å². The van der Waals surface area contributed by atoms with Crippen LogP contribution in [-0.2, 0) is 7.05 Å². The molecule has 2 aromatic heterocycles. The van der Waals surface area contributed by atoms with Gasteiger partial charge in [0.2, 0.25) is 0 Å². The minimum absolute atomic E-state index is 0.121. The van der Waals surface area contributed by atoms with Gasteiger partial charge in [-0.2, -0.15) is 0 Å². The van der Waals surface area contributed by atoms with Gasteiger partial charge in [0, 0.05) is 30.9 Å². The third-order valence-electron chi connectivity index (χ3n) is 4.35. The van der Waals surface area contributed by atoms with Gasteiger partial charge in [0.15, 0.2) is 5.75 Å². The first-order valence-corrected chi connectivity index (χ1v) is 9.19. The van der Waals surface area contributed by atoms with E-state index in [-0.39, 0.29) is 11.6 Å². The molecular weight excluding hydrogens is 373 g/mol. The number of hydrogen-bond acceptors (Lipinski definition) is 4. The molecule has 0 spiro atoms. The second-order valence-electron chi connectivity index (χ2n) is 6.88. The second kappa shape index (κ2) is 7.43. The van der Waals surface area contributed by atoms with Gasteiger partial charge in [-0.1, -0.05) is 37.0 Å². The van der Waals surface area contributed by atoms with Crippen LogP contribution in [-0.4, -0.2) is 22.2 Å². The summed E-state index contributed by atoms with van der Waals surface area (Å²) < 4.78 is 7.33. The zero-order chi connectivity index (χ0) is 19.0. The number of rotatable bonds is 5. The molecule has 3 rings (SSSR count). The molecule has 0 aliphatic heterocycles. The molecule has 0 saturated heterocycles. The van der Waals surface area contributed by atoms with Gasteiger partial charge < -0.3 is 15.0 Å². The summed E-state index contributed by atoms with van der Waals surface area (Å²) >= 11 is 13.0. The monoisotopic (exact) mass is 393 g/mol. The summed E-state index contributed by atoms with van der Waals surface area (Å²) in [5, 5.41) is 2.74. The number of halogens is 2. The van der Waals surface area contributed by atoms with Gasteiger partial charge in [-0.05, 0) is 29.9 Å². The van der Waals surface area contributed by atoms with E-state index in [4.69, 9.17) is 33.7 Å². The van der Waals surface area contributed by atoms with Crippen molar-refractivity contribution >= 4 is 44.9 Å². The van der Waals surface area contributed by atoms with Gasteiger partial charge in [0.1, 0.15) is 11.6 Å². The summed E-state index contributed by atoms with van der Waals surface area (Å²) in [7, 11) is 1.67. The van der Waals surface area contributed by atoms with Crippen LogP contribution < -0.4 is 16.0 Å². The third-order valence-corrected chi connectivity index (χ3v) is 4.98. The van der Waals surface area contributed by atoms with Crippen LogP contribution in [0.25, 0.3) is 21.7 Å². The first-order valence-electron chi connectivity index (χ1n) is 8.44. The van der Waals surface area contributed by atoms with Crippen LogP contribution in [0.3, 0.4) is 0 Å². The van der Waals surface area contributed by atoms with Gasteiger partial charge in [-0.15, -0.1) is 0 Å². The van der Waals surface area contributed by atoms with Gasteiger partial charge in [-0.25, -0.2) is 0 Å². The summed E-state index contributed by atoms with van der Waals surface area (Å²) in [4.78, 5) is 16.7. The largest absolute Gasteiger partial charge is 0.489 e. The molecule has 0 radical (unpaired) electrons. The summed E-state index contributed by atoms with van der Waals surface area (Å²) in [5.74, 6) is 0.820. The van der Waals surface area contributed by atoms with Crippen molar-refractivity contribution in [2.45, 2.75) is 26.3 Å². The Labute approximate surface area is 161 Å².